The van der Waals surface area contributed by atoms with E-state index in [0.29, 0.717) is 12.8 Å². The molecule has 1 aromatic rings. The van der Waals surface area contributed by atoms with Gasteiger partial charge in [0.15, 0.2) is 0 Å². The van der Waals surface area contributed by atoms with E-state index < -0.39 is 17.4 Å². The molecule has 106 valence electrons. The van der Waals surface area contributed by atoms with Crippen molar-refractivity contribution in [2.24, 2.45) is 0 Å². The number of carboxylic acid groups (broad SMARTS) is 1. The Balaban J connectivity index is 2.13. The number of nitrogens with one attached hydrogen (secondary N) is 1. The van der Waals surface area contributed by atoms with E-state index in [4.69, 9.17) is 5.11 Å². The van der Waals surface area contributed by atoms with Crippen molar-refractivity contribution in [2.75, 3.05) is 0 Å². The molecule has 1 atom stereocenters. The molecule has 20 heavy (non-hydrogen) atoms. The molecule has 2 rings (SSSR count). The molecule has 5 heteroatoms. The van der Waals surface area contributed by atoms with Gasteiger partial charge in [-0.15, -0.1) is 6.58 Å². The molecular formula is C15H16FNO3. The van der Waals surface area contributed by atoms with Gasteiger partial charge >= 0.3 is 5.97 Å². The zero-order valence-electron chi connectivity index (χ0n) is 10.9. The molecule has 1 aliphatic carbocycles. The van der Waals surface area contributed by atoms with Crippen molar-refractivity contribution in [3.8, 4) is 0 Å². The van der Waals surface area contributed by atoms with Crippen molar-refractivity contribution < 1.29 is 19.1 Å². The van der Waals surface area contributed by atoms with E-state index in [1.165, 1.54) is 18.2 Å². The number of aliphatic carboxylic acids is 1. The van der Waals surface area contributed by atoms with Gasteiger partial charge in [0.2, 0.25) is 5.91 Å². The lowest BCUT2D eigenvalue weighted by Gasteiger charge is -2.19. The van der Waals surface area contributed by atoms with Crippen LogP contribution in [0, 0.1) is 5.82 Å². The molecular weight excluding hydrogens is 261 g/mol. The van der Waals surface area contributed by atoms with E-state index in [0.717, 1.165) is 5.56 Å². The van der Waals surface area contributed by atoms with E-state index in [2.05, 4.69) is 11.9 Å². The Morgan fingerprint density at radius 2 is 2.00 bits per heavy atom. The number of amides is 1. The van der Waals surface area contributed by atoms with Crippen LogP contribution in [-0.4, -0.2) is 23.0 Å². The van der Waals surface area contributed by atoms with Gasteiger partial charge < -0.3 is 10.4 Å². The topological polar surface area (TPSA) is 66.4 Å². The molecule has 1 aliphatic rings. The number of carbonyl (C=O) groups excluding carboxylic acids is 1. The first-order valence-corrected chi connectivity index (χ1v) is 6.40. The SMILES string of the molecule is C=CCC(NC(=O)C1(c2ccc(F)cc2)CC1)C(=O)O. The second-order valence-electron chi connectivity index (χ2n) is 4.98. The molecule has 0 radical (unpaired) electrons. The molecule has 0 bridgehead atoms. The van der Waals surface area contributed by atoms with Crippen molar-refractivity contribution in [1.29, 1.82) is 0 Å². The van der Waals surface area contributed by atoms with Crippen LogP contribution in [0.1, 0.15) is 24.8 Å². The van der Waals surface area contributed by atoms with Gasteiger partial charge in [-0.3, -0.25) is 4.79 Å². The fraction of sp³-hybridized carbons (Fsp3) is 0.333. The molecule has 4 nitrogen and oxygen atoms in total. The van der Waals surface area contributed by atoms with E-state index in [-0.39, 0.29) is 18.1 Å². The summed E-state index contributed by atoms with van der Waals surface area (Å²) in [4.78, 5) is 23.3. The summed E-state index contributed by atoms with van der Waals surface area (Å²) in [5, 5.41) is 11.6. The average molecular weight is 277 g/mol. The highest BCUT2D eigenvalue weighted by Gasteiger charge is 2.51. The molecule has 0 heterocycles. The van der Waals surface area contributed by atoms with Crippen LogP contribution in [0.4, 0.5) is 4.39 Å². The summed E-state index contributed by atoms with van der Waals surface area (Å²) in [7, 11) is 0. The molecule has 1 amide bonds. The van der Waals surface area contributed by atoms with Crippen molar-refractivity contribution in [2.45, 2.75) is 30.7 Å². The Morgan fingerprint density at radius 3 is 2.45 bits per heavy atom. The normalized spacial score (nSPS) is 17.1. The molecule has 2 N–H and O–H groups in total. The maximum atomic E-state index is 12.9. The molecule has 1 aromatic carbocycles. The minimum atomic E-state index is -1.09. The van der Waals surface area contributed by atoms with E-state index in [1.807, 2.05) is 0 Å². The molecule has 1 saturated carbocycles. The third-order valence-corrected chi connectivity index (χ3v) is 3.59. The minimum absolute atomic E-state index is 0.167. The standard InChI is InChI=1S/C15H16FNO3/c1-2-3-12(13(18)19)17-14(20)15(8-9-15)10-4-6-11(16)7-5-10/h2,4-7,12H,1,3,8-9H2,(H,17,20)(H,18,19). The average Bonchev–Trinajstić information content (AvgIpc) is 3.20. The predicted molar refractivity (Wildman–Crippen MR) is 71.7 cm³/mol. The fourth-order valence-electron chi connectivity index (χ4n) is 2.23. The highest BCUT2D eigenvalue weighted by Crippen LogP contribution is 2.48. The Morgan fingerprint density at radius 1 is 1.40 bits per heavy atom. The van der Waals surface area contributed by atoms with E-state index in [9.17, 15) is 14.0 Å². The first-order valence-electron chi connectivity index (χ1n) is 6.40. The van der Waals surface area contributed by atoms with Crippen LogP contribution in [-0.2, 0) is 15.0 Å². The van der Waals surface area contributed by atoms with Gasteiger partial charge in [0.1, 0.15) is 11.9 Å². The molecule has 1 unspecified atom stereocenters. The van der Waals surface area contributed by atoms with Crippen molar-refractivity contribution >= 4 is 11.9 Å². The number of carbonyl (C=O) groups is 2. The fourth-order valence-corrected chi connectivity index (χ4v) is 2.23. The number of halogens is 1. The van der Waals surface area contributed by atoms with Gasteiger partial charge in [-0.05, 0) is 37.0 Å². The van der Waals surface area contributed by atoms with Crippen LogP contribution in [0.3, 0.4) is 0 Å². The third-order valence-electron chi connectivity index (χ3n) is 3.59. The minimum Gasteiger partial charge on any atom is -0.480 e. The number of rotatable bonds is 6. The molecule has 1 fully saturated rings. The second-order valence-corrected chi connectivity index (χ2v) is 4.98. The number of carboxylic acids is 1. The van der Waals surface area contributed by atoms with E-state index in [1.54, 1.807) is 12.1 Å². The van der Waals surface area contributed by atoms with Gasteiger partial charge in [0.05, 0.1) is 5.41 Å². The summed E-state index contributed by atoms with van der Waals surface area (Å²) in [6, 6.07) is 4.79. The Bertz CT molecular complexity index is 535. The monoisotopic (exact) mass is 277 g/mol. The van der Waals surface area contributed by atoms with Gasteiger partial charge in [-0.25, -0.2) is 9.18 Å². The lowest BCUT2D eigenvalue weighted by Crippen LogP contribution is -2.45. The zero-order chi connectivity index (χ0) is 14.8. The highest BCUT2D eigenvalue weighted by atomic mass is 19.1. The van der Waals surface area contributed by atoms with Crippen LogP contribution in [0.5, 0.6) is 0 Å². The van der Waals surface area contributed by atoms with E-state index >= 15 is 0 Å². The number of hydrogen-bond acceptors (Lipinski definition) is 2. The van der Waals surface area contributed by atoms with Gasteiger partial charge in [-0.2, -0.15) is 0 Å². The quantitative estimate of drug-likeness (QED) is 0.782. The zero-order valence-corrected chi connectivity index (χ0v) is 10.9. The molecule has 0 saturated heterocycles. The maximum absolute atomic E-state index is 12.9. The highest BCUT2D eigenvalue weighted by molar-refractivity contribution is 5.94. The Kier molecular flexibility index (Phi) is 3.88. The summed E-state index contributed by atoms with van der Waals surface area (Å²) in [6.07, 6.45) is 2.91. The Labute approximate surface area is 116 Å². The lowest BCUT2D eigenvalue weighted by molar-refractivity contribution is -0.142. The van der Waals surface area contributed by atoms with Gasteiger partial charge in [-0.1, -0.05) is 18.2 Å². The summed E-state index contributed by atoms with van der Waals surface area (Å²) in [6.45, 7) is 3.48. The van der Waals surface area contributed by atoms with Crippen LogP contribution in [0.15, 0.2) is 36.9 Å². The van der Waals surface area contributed by atoms with Crippen LogP contribution < -0.4 is 5.32 Å². The number of hydrogen-bond donors (Lipinski definition) is 2. The van der Waals surface area contributed by atoms with Crippen molar-refractivity contribution in [3.05, 3.63) is 48.3 Å². The second kappa shape index (κ2) is 5.45. The smallest absolute Gasteiger partial charge is 0.326 e. The maximum Gasteiger partial charge on any atom is 0.326 e. The summed E-state index contributed by atoms with van der Waals surface area (Å²) in [5.74, 6) is -1.77. The first kappa shape index (κ1) is 14.2. The van der Waals surface area contributed by atoms with Gasteiger partial charge in [0, 0.05) is 0 Å². The predicted octanol–water partition coefficient (Wildman–Crippen LogP) is 2.00. The molecule has 0 aliphatic heterocycles. The lowest BCUT2D eigenvalue weighted by atomic mass is 9.94. The van der Waals surface area contributed by atoms with Crippen molar-refractivity contribution in [1.82, 2.24) is 5.32 Å². The summed E-state index contributed by atoms with van der Waals surface area (Å²) >= 11 is 0. The number of benzene rings is 1. The van der Waals surface area contributed by atoms with Crippen LogP contribution >= 0.6 is 0 Å². The third kappa shape index (κ3) is 2.71. The largest absolute Gasteiger partial charge is 0.480 e. The summed E-state index contributed by atoms with van der Waals surface area (Å²) < 4.78 is 12.9. The van der Waals surface area contributed by atoms with Crippen molar-refractivity contribution in [3.63, 3.8) is 0 Å². The van der Waals surface area contributed by atoms with Crippen LogP contribution in [0.25, 0.3) is 0 Å². The summed E-state index contributed by atoms with van der Waals surface area (Å²) in [5.41, 5.74) is 0.0156. The first-order chi connectivity index (χ1) is 9.49. The molecule has 0 spiro atoms. The Hall–Kier alpha value is -2.17. The van der Waals surface area contributed by atoms with Gasteiger partial charge in [0.25, 0.3) is 0 Å². The van der Waals surface area contributed by atoms with Crippen LogP contribution in [0.2, 0.25) is 0 Å². The molecule has 0 aromatic heterocycles.